The van der Waals surface area contributed by atoms with E-state index >= 15 is 0 Å². The molecule has 0 amide bonds. The summed E-state index contributed by atoms with van der Waals surface area (Å²) in [6.45, 7) is 4.01. The topological polar surface area (TPSA) is 35.2 Å². The molecule has 1 aromatic carbocycles. The van der Waals surface area contributed by atoms with Crippen LogP contribution in [0.5, 0.6) is 5.75 Å². The Morgan fingerprint density at radius 3 is 2.50 bits per heavy atom. The second kappa shape index (κ2) is 3.59. The molecule has 0 fully saturated rings. The van der Waals surface area contributed by atoms with E-state index in [4.69, 9.17) is 10.5 Å². The van der Waals surface area contributed by atoms with Gasteiger partial charge in [-0.25, -0.2) is 0 Å². The monoisotopic (exact) mass is 165 g/mol. The second-order valence-electron chi connectivity index (χ2n) is 2.98. The third kappa shape index (κ3) is 1.59. The lowest BCUT2D eigenvalue weighted by Gasteiger charge is -2.13. The number of nitrogens with two attached hydrogens (primary N) is 1. The lowest BCUT2D eigenvalue weighted by Crippen LogP contribution is -2.08. The molecule has 12 heavy (non-hydrogen) atoms. The Morgan fingerprint density at radius 1 is 1.42 bits per heavy atom. The van der Waals surface area contributed by atoms with Crippen molar-refractivity contribution in [2.45, 2.75) is 19.9 Å². The van der Waals surface area contributed by atoms with Crippen LogP contribution >= 0.6 is 0 Å². The van der Waals surface area contributed by atoms with Crippen molar-refractivity contribution >= 4 is 0 Å². The van der Waals surface area contributed by atoms with E-state index in [1.54, 1.807) is 7.11 Å². The Kier molecular flexibility index (Phi) is 2.71. The molecule has 0 aliphatic rings. The molecule has 1 aromatic rings. The highest BCUT2D eigenvalue weighted by Crippen LogP contribution is 2.26. The predicted molar refractivity (Wildman–Crippen MR) is 50.3 cm³/mol. The molecule has 2 heteroatoms. The molecular formula is C10H15NO. The van der Waals surface area contributed by atoms with Gasteiger partial charge >= 0.3 is 0 Å². The summed E-state index contributed by atoms with van der Waals surface area (Å²) in [5.74, 6) is 0.880. The summed E-state index contributed by atoms with van der Waals surface area (Å²) < 4.78 is 5.21. The Bertz CT molecular complexity index is 269. The van der Waals surface area contributed by atoms with Crippen molar-refractivity contribution in [3.8, 4) is 5.75 Å². The molecule has 2 nitrogen and oxygen atoms in total. The van der Waals surface area contributed by atoms with E-state index in [0.717, 1.165) is 11.3 Å². The molecule has 0 bridgehead atoms. The number of hydrogen-bond acceptors (Lipinski definition) is 2. The average molecular weight is 165 g/mol. The van der Waals surface area contributed by atoms with E-state index in [2.05, 4.69) is 0 Å². The van der Waals surface area contributed by atoms with Gasteiger partial charge in [-0.1, -0.05) is 12.1 Å². The van der Waals surface area contributed by atoms with E-state index in [9.17, 15) is 0 Å². The fraction of sp³-hybridized carbons (Fsp3) is 0.400. The Hall–Kier alpha value is -1.02. The zero-order valence-electron chi connectivity index (χ0n) is 7.79. The maximum atomic E-state index is 5.81. The molecule has 0 aliphatic carbocycles. The summed E-state index contributed by atoms with van der Waals surface area (Å²) >= 11 is 0. The fourth-order valence-electron chi connectivity index (χ4n) is 1.42. The quantitative estimate of drug-likeness (QED) is 0.727. The average Bonchev–Trinajstić information content (AvgIpc) is 2.03. The first kappa shape index (κ1) is 9.07. The standard InChI is InChI=1S/C10H15NO/c1-7-5-4-6-9(12-3)10(7)8(2)11/h4-6,8H,11H2,1-3H3/t8-/m0/s1. The van der Waals surface area contributed by atoms with Crippen molar-refractivity contribution in [1.29, 1.82) is 0 Å². The van der Waals surface area contributed by atoms with Gasteiger partial charge in [0.2, 0.25) is 0 Å². The van der Waals surface area contributed by atoms with Gasteiger partial charge in [-0.05, 0) is 25.5 Å². The molecule has 66 valence electrons. The molecule has 1 rings (SSSR count). The van der Waals surface area contributed by atoms with Gasteiger partial charge < -0.3 is 10.5 Å². The van der Waals surface area contributed by atoms with Gasteiger partial charge in [-0.15, -0.1) is 0 Å². The van der Waals surface area contributed by atoms with Crippen LogP contribution in [0.25, 0.3) is 0 Å². The lowest BCUT2D eigenvalue weighted by atomic mass is 10.0. The van der Waals surface area contributed by atoms with E-state index in [1.165, 1.54) is 5.56 Å². The number of benzene rings is 1. The highest BCUT2D eigenvalue weighted by atomic mass is 16.5. The zero-order chi connectivity index (χ0) is 9.14. The van der Waals surface area contributed by atoms with Gasteiger partial charge in [-0.3, -0.25) is 0 Å². The van der Waals surface area contributed by atoms with Crippen LogP contribution < -0.4 is 10.5 Å². The summed E-state index contributed by atoms with van der Waals surface area (Å²) in [6.07, 6.45) is 0. The Morgan fingerprint density at radius 2 is 2.08 bits per heavy atom. The van der Waals surface area contributed by atoms with E-state index < -0.39 is 0 Å². The molecule has 0 saturated carbocycles. The van der Waals surface area contributed by atoms with Crippen molar-refractivity contribution < 1.29 is 4.74 Å². The zero-order valence-corrected chi connectivity index (χ0v) is 7.79. The maximum Gasteiger partial charge on any atom is 0.123 e. The minimum absolute atomic E-state index is 0.0288. The molecule has 0 aliphatic heterocycles. The first-order valence-electron chi connectivity index (χ1n) is 4.06. The van der Waals surface area contributed by atoms with Crippen LogP contribution in [0.4, 0.5) is 0 Å². The smallest absolute Gasteiger partial charge is 0.123 e. The molecular weight excluding hydrogens is 150 g/mol. The van der Waals surface area contributed by atoms with Gasteiger partial charge in [0.1, 0.15) is 5.75 Å². The number of hydrogen-bond donors (Lipinski definition) is 1. The fourth-order valence-corrected chi connectivity index (χ4v) is 1.42. The van der Waals surface area contributed by atoms with Crippen molar-refractivity contribution in [2.75, 3.05) is 7.11 Å². The van der Waals surface area contributed by atoms with Crippen molar-refractivity contribution in [3.63, 3.8) is 0 Å². The van der Waals surface area contributed by atoms with Crippen LogP contribution in [0, 0.1) is 6.92 Å². The molecule has 0 unspecified atom stereocenters. The van der Waals surface area contributed by atoms with Crippen molar-refractivity contribution in [1.82, 2.24) is 0 Å². The van der Waals surface area contributed by atoms with Crippen LogP contribution in [0.2, 0.25) is 0 Å². The molecule has 2 N–H and O–H groups in total. The third-order valence-corrected chi connectivity index (χ3v) is 1.96. The van der Waals surface area contributed by atoms with Crippen LogP contribution in [0.15, 0.2) is 18.2 Å². The predicted octanol–water partition coefficient (Wildman–Crippen LogP) is 2.02. The SMILES string of the molecule is COc1cccc(C)c1[C@H](C)N. The third-order valence-electron chi connectivity index (χ3n) is 1.96. The van der Waals surface area contributed by atoms with Gasteiger partial charge in [0.25, 0.3) is 0 Å². The number of ether oxygens (including phenoxy) is 1. The molecule has 0 radical (unpaired) electrons. The number of methoxy groups -OCH3 is 1. The summed E-state index contributed by atoms with van der Waals surface area (Å²) in [4.78, 5) is 0. The minimum atomic E-state index is 0.0288. The Balaban J connectivity index is 3.20. The largest absolute Gasteiger partial charge is 0.496 e. The highest BCUT2D eigenvalue weighted by molar-refractivity contribution is 5.41. The second-order valence-corrected chi connectivity index (χ2v) is 2.98. The molecule has 0 heterocycles. The maximum absolute atomic E-state index is 5.81. The number of aryl methyl sites for hydroxylation is 1. The van der Waals surface area contributed by atoms with Crippen LogP contribution in [-0.4, -0.2) is 7.11 Å². The van der Waals surface area contributed by atoms with E-state index in [0.29, 0.717) is 0 Å². The molecule has 0 spiro atoms. The molecule has 0 saturated heterocycles. The van der Waals surface area contributed by atoms with Gasteiger partial charge in [-0.2, -0.15) is 0 Å². The highest BCUT2D eigenvalue weighted by Gasteiger charge is 2.08. The van der Waals surface area contributed by atoms with Gasteiger partial charge in [0.15, 0.2) is 0 Å². The van der Waals surface area contributed by atoms with Crippen LogP contribution in [0.3, 0.4) is 0 Å². The lowest BCUT2D eigenvalue weighted by molar-refractivity contribution is 0.406. The molecule has 0 aromatic heterocycles. The van der Waals surface area contributed by atoms with Gasteiger partial charge in [0.05, 0.1) is 7.11 Å². The summed E-state index contributed by atoms with van der Waals surface area (Å²) in [5.41, 5.74) is 8.09. The van der Waals surface area contributed by atoms with Crippen molar-refractivity contribution in [2.24, 2.45) is 5.73 Å². The van der Waals surface area contributed by atoms with Crippen molar-refractivity contribution in [3.05, 3.63) is 29.3 Å². The Labute approximate surface area is 73.3 Å². The summed E-state index contributed by atoms with van der Waals surface area (Å²) in [7, 11) is 1.67. The minimum Gasteiger partial charge on any atom is -0.496 e. The first-order valence-corrected chi connectivity index (χ1v) is 4.06. The van der Waals surface area contributed by atoms with Crippen LogP contribution in [0.1, 0.15) is 24.1 Å². The van der Waals surface area contributed by atoms with E-state index in [1.807, 2.05) is 32.0 Å². The number of rotatable bonds is 2. The van der Waals surface area contributed by atoms with Gasteiger partial charge in [0, 0.05) is 11.6 Å². The molecule has 1 atom stereocenters. The first-order chi connectivity index (χ1) is 5.66. The summed E-state index contributed by atoms with van der Waals surface area (Å²) in [6, 6.07) is 5.98. The van der Waals surface area contributed by atoms with Crippen LogP contribution in [-0.2, 0) is 0 Å². The summed E-state index contributed by atoms with van der Waals surface area (Å²) in [5, 5.41) is 0. The normalized spacial score (nSPS) is 12.7. The van der Waals surface area contributed by atoms with E-state index in [-0.39, 0.29) is 6.04 Å².